The van der Waals surface area contributed by atoms with Crippen LogP contribution >= 0.6 is 23.2 Å². The Bertz CT molecular complexity index is 465. The molecule has 0 aliphatic carbocycles. The van der Waals surface area contributed by atoms with Crippen molar-refractivity contribution in [2.75, 3.05) is 12.4 Å². The number of rotatable bonds is 2. The number of carbonyl (C=O) groups is 1. The Morgan fingerprint density at radius 3 is 2.89 bits per heavy atom. The van der Waals surface area contributed by atoms with E-state index >= 15 is 0 Å². The molecule has 1 N–H and O–H groups in total. The highest BCUT2D eigenvalue weighted by molar-refractivity contribution is 6.33. The van der Waals surface area contributed by atoms with E-state index in [2.05, 4.69) is 0 Å². The van der Waals surface area contributed by atoms with E-state index in [-0.39, 0.29) is 17.7 Å². The molecular formula is C14H17Cl2NO2. The lowest BCUT2D eigenvalue weighted by atomic mass is 10.1. The molecule has 1 aromatic carbocycles. The summed E-state index contributed by atoms with van der Waals surface area (Å²) in [5.41, 5.74) is 0.346. The summed E-state index contributed by atoms with van der Waals surface area (Å²) in [6.07, 6.45) is 4.11. The summed E-state index contributed by atoms with van der Waals surface area (Å²) in [7, 11) is 0. The summed E-state index contributed by atoms with van der Waals surface area (Å²) in [4.78, 5) is 14.4. The summed E-state index contributed by atoms with van der Waals surface area (Å²) < 4.78 is 0. The summed E-state index contributed by atoms with van der Waals surface area (Å²) in [6.45, 7) is 0.697. The summed E-state index contributed by atoms with van der Waals surface area (Å²) >= 11 is 12.0. The van der Waals surface area contributed by atoms with E-state index in [0.29, 0.717) is 23.0 Å². The van der Waals surface area contributed by atoms with E-state index in [1.54, 1.807) is 4.90 Å². The lowest BCUT2D eigenvalue weighted by molar-refractivity contribution is 0.0700. The molecular weight excluding hydrogens is 285 g/mol. The summed E-state index contributed by atoms with van der Waals surface area (Å²) in [5, 5.41) is 9.87. The number of carbonyl (C=O) groups excluding carboxylic acids is 1. The third kappa shape index (κ3) is 3.34. The van der Waals surface area contributed by atoms with Crippen LogP contribution in [0.5, 0.6) is 5.75 Å². The normalized spacial score (nSPS) is 20.1. The van der Waals surface area contributed by atoms with Gasteiger partial charge in [-0.1, -0.05) is 24.4 Å². The Morgan fingerprint density at radius 1 is 1.37 bits per heavy atom. The highest BCUT2D eigenvalue weighted by Gasteiger charge is 2.27. The van der Waals surface area contributed by atoms with Gasteiger partial charge in [-0.2, -0.15) is 0 Å². The third-order valence-corrected chi connectivity index (χ3v) is 4.18. The molecule has 3 nitrogen and oxygen atoms in total. The fourth-order valence-corrected chi connectivity index (χ4v) is 2.96. The molecule has 1 aliphatic heterocycles. The van der Waals surface area contributed by atoms with Crippen LogP contribution in [0.25, 0.3) is 0 Å². The molecule has 0 radical (unpaired) electrons. The second kappa shape index (κ2) is 6.49. The number of hydrogen-bond acceptors (Lipinski definition) is 2. The van der Waals surface area contributed by atoms with Crippen molar-refractivity contribution in [3.8, 4) is 5.75 Å². The van der Waals surface area contributed by atoms with E-state index in [4.69, 9.17) is 23.2 Å². The molecule has 0 aromatic heterocycles. The molecule has 1 aromatic rings. The van der Waals surface area contributed by atoms with Crippen molar-refractivity contribution in [1.29, 1.82) is 0 Å². The van der Waals surface area contributed by atoms with Crippen LogP contribution in [0.1, 0.15) is 36.0 Å². The highest BCUT2D eigenvalue weighted by atomic mass is 35.5. The summed E-state index contributed by atoms with van der Waals surface area (Å²) in [6, 6.07) is 4.48. The van der Waals surface area contributed by atoms with Crippen molar-refractivity contribution < 1.29 is 9.90 Å². The van der Waals surface area contributed by atoms with E-state index in [1.165, 1.54) is 18.2 Å². The molecule has 1 heterocycles. The predicted octanol–water partition coefficient (Wildman–Crippen LogP) is 3.67. The third-order valence-electron chi connectivity index (χ3n) is 3.50. The quantitative estimate of drug-likeness (QED) is 0.847. The van der Waals surface area contributed by atoms with Crippen molar-refractivity contribution in [1.82, 2.24) is 4.90 Å². The van der Waals surface area contributed by atoms with Gasteiger partial charge < -0.3 is 10.0 Å². The largest absolute Gasteiger partial charge is 0.508 e. The van der Waals surface area contributed by atoms with Gasteiger partial charge >= 0.3 is 0 Å². The average molecular weight is 302 g/mol. The van der Waals surface area contributed by atoms with Crippen LogP contribution in [0.2, 0.25) is 5.02 Å². The zero-order chi connectivity index (χ0) is 13.8. The lowest BCUT2D eigenvalue weighted by Crippen LogP contribution is -2.41. The van der Waals surface area contributed by atoms with Gasteiger partial charge in [0.15, 0.2) is 0 Å². The number of phenolic OH excluding ortho intramolecular Hbond substituents is 1. The number of benzene rings is 1. The van der Waals surface area contributed by atoms with Gasteiger partial charge in [-0.05, 0) is 31.0 Å². The number of likely N-dealkylation sites (tertiary alicyclic amines) is 1. The van der Waals surface area contributed by atoms with Gasteiger partial charge in [-0.25, -0.2) is 0 Å². The number of halogens is 2. The van der Waals surface area contributed by atoms with Gasteiger partial charge in [0.1, 0.15) is 5.75 Å². The Balaban J connectivity index is 2.27. The molecule has 0 saturated carbocycles. The maximum Gasteiger partial charge on any atom is 0.255 e. The first kappa shape index (κ1) is 14.5. The molecule has 1 saturated heterocycles. The molecule has 19 heavy (non-hydrogen) atoms. The van der Waals surface area contributed by atoms with Crippen LogP contribution in [-0.4, -0.2) is 34.4 Å². The van der Waals surface area contributed by atoms with Crippen LogP contribution in [0.15, 0.2) is 18.2 Å². The van der Waals surface area contributed by atoms with Crippen molar-refractivity contribution in [3.05, 3.63) is 28.8 Å². The molecule has 2 rings (SSSR count). The monoisotopic (exact) mass is 301 g/mol. The van der Waals surface area contributed by atoms with Gasteiger partial charge in [-0.15, -0.1) is 11.6 Å². The van der Waals surface area contributed by atoms with Crippen molar-refractivity contribution in [3.63, 3.8) is 0 Å². The second-order valence-corrected chi connectivity index (χ2v) is 5.54. The minimum Gasteiger partial charge on any atom is -0.508 e. The average Bonchev–Trinajstić information content (AvgIpc) is 2.65. The van der Waals surface area contributed by atoms with Gasteiger partial charge in [-0.3, -0.25) is 4.79 Å². The standard InChI is InChI=1S/C14H17Cl2NO2/c15-9-10-4-2-1-3-7-17(10)14(19)12-8-11(18)5-6-13(12)16/h5-6,8,10,18H,1-4,7,9H2. The van der Waals surface area contributed by atoms with E-state index in [0.717, 1.165) is 25.7 Å². The first-order valence-electron chi connectivity index (χ1n) is 6.49. The molecule has 5 heteroatoms. The molecule has 1 fully saturated rings. The molecule has 1 amide bonds. The maximum absolute atomic E-state index is 12.6. The minimum absolute atomic E-state index is 0.0463. The molecule has 0 bridgehead atoms. The van der Waals surface area contributed by atoms with Gasteiger partial charge in [0.05, 0.1) is 10.6 Å². The Labute approximate surface area is 123 Å². The Morgan fingerprint density at radius 2 is 2.16 bits per heavy atom. The van der Waals surface area contributed by atoms with E-state index < -0.39 is 0 Å². The lowest BCUT2D eigenvalue weighted by Gasteiger charge is -2.29. The molecule has 1 unspecified atom stereocenters. The number of aromatic hydroxyl groups is 1. The zero-order valence-electron chi connectivity index (χ0n) is 10.6. The van der Waals surface area contributed by atoms with Crippen LogP contribution in [0.4, 0.5) is 0 Å². The van der Waals surface area contributed by atoms with Crippen LogP contribution in [0, 0.1) is 0 Å². The van der Waals surface area contributed by atoms with Gasteiger partial charge in [0, 0.05) is 18.5 Å². The zero-order valence-corrected chi connectivity index (χ0v) is 12.1. The number of amides is 1. The fraction of sp³-hybridized carbons (Fsp3) is 0.500. The highest BCUT2D eigenvalue weighted by Crippen LogP contribution is 2.26. The Kier molecular flexibility index (Phi) is 4.94. The van der Waals surface area contributed by atoms with Gasteiger partial charge in [0.2, 0.25) is 0 Å². The second-order valence-electron chi connectivity index (χ2n) is 4.82. The van der Waals surface area contributed by atoms with Crippen molar-refractivity contribution in [2.45, 2.75) is 31.7 Å². The smallest absolute Gasteiger partial charge is 0.255 e. The topological polar surface area (TPSA) is 40.5 Å². The van der Waals surface area contributed by atoms with Crippen molar-refractivity contribution in [2.24, 2.45) is 0 Å². The number of nitrogens with zero attached hydrogens (tertiary/aromatic N) is 1. The first-order valence-corrected chi connectivity index (χ1v) is 7.40. The fourth-order valence-electron chi connectivity index (χ4n) is 2.44. The maximum atomic E-state index is 12.6. The molecule has 0 spiro atoms. The Hall–Kier alpha value is -0.930. The van der Waals surface area contributed by atoms with E-state index in [9.17, 15) is 9.90 Å². The molecule has 1 atom stereocenters. The van der Waals surface area contributed by atoms with E-state index in [1.807, 2.05) is 0 Å². The van der Waals surface area contributed by atoms with Crippen LogP contribution < -0.4 is 0 Å². The predicted molar refractivity (Wildman–Crippen MR) is 77.1 cm³/mol. The molecule has 1 aliphatic rings. The first-order chi connectivity index (χ1) is 9.13. The SMILES string of the molecule is O=C(c1cc(O)ccc1Cl)N1CCCCCC1CCl. The van der Waals surface area contributed by atoms with Crippen molar-refractivity contribution >= 4 is 29.1 Å². The van der Waals surface area contributed by atoms with Crippen LogP contribution in [-0.2, 0) is 0 Å². The summed E-state index contributed by atoms with van der Waals surface area (Å²) in [5.74, 6) is 0.334. The molecule has 104 valence electrons. The van der Waals surface area contributed by atoms with Crippen LogP contribution in [0.3, 0.4) is 0 Å². The number of phenols is 1. The minimum atomic E-state index is -0.145. The number of hydrogen-bond donors (Lipinski definition) is 1. The number of alkyl halides is 1. The van der Waals surface area contributed by atoms with Gasteiger partial charge in [0.25, 0.3) is 5.91 Å².